The van der Waals surface area contributed by atoms with Gasteiger partial charge in [0.2, 0.25) is 5.91 Å². The quantitative estimate of drug-likeness (QED) is 0.187. The molecule has 160 valence electrons. The SMILES string of the molecule is CCNC(=NCC(=O)NC(C)(C)C)NCCCCOCCc1ccccc1.I. The lowest BCUT2D eigenvalue weighted by molar-refractivity contribution is -0.121. The zero-order valence-electron chi connectivity index (χ0n) is 17.7. The summed E-state index contributed by atoms with van der Waals surface area (Å²) in [5.41, 5.74) is 1.07. The van der Waals surface area contributed by atoms with E-state index < -0.39 is 0 Å². The molecule has 0 unspecified atom stereocenters. The Bertz CT molecular complexity index is 559. The average Bonchev–Trinajstić information content (AvgIpc) is 2.61. The predicted octanol–water partition coefficient (Wildman–Crippen LogP) is 3.11. The standard InChI is InChI=1S/C21H36N4O2.HI/c1-5-22-20(24-17-19(26)25-21(2,3)4)23-14-9-10-15-27-16-13-18-11-7-6-8-12-18;/h6-8,11-12H,5,9-10,13-17H2,1-4H3,(H,25,26)(H2,22,23,24);1H. The van der Waals surface area contributed by atoms with Crippen LogP contribution in [0.5, 0.6) is 0 Å². The van der Waals surface area contributed by atoms with Gasteiger partial charge in [0.05, 0.1) is 6.61 Å². The second kappa shape index (κ2) is 15.6. The molecule has 6 nitrogen and oxygen atoms in total. The summed E-state index contributed by atoms with van der Waals surface area (Å²) in [5.74, 6) is 0.595. The van der Waals surface area contributed by atoms with E-state index in [-0.39, 0.29) is 42.0 Å². The third-order valence-electron chi connectivity index (χ3n) is 3.63. The molecule has 0 aliphatic carbocycles. The Morgan fingerprint density at radius 3 is 2.43 bits per heavy atom. The van der Waals surface area contributed by atoms with E-state index in [1.54, 1.807) is 0 Å². The highest BCUT2D eigenvalue weighted by Crippen LogP contribution is 2.00. The number of hydrogen-bond acceptors (Lipinski definition) is 3. The van der Waals surface area contributed by atoms with Gasteiger partial charge in [-0.1, -0.05) is 30.3 Å². The molecule has 0 atom stereocenters. The highest BCUT2D eigenvalue weighted by atomic mass is 127. The van der Waals surface area contributed by atoms with Crippen LogP contribution in [0.3, 0.4) is 0 Å². The number of guanidine groups is 1. The van der Waals surface area contributed by atoms with Crippen molar-refractivity contribution in [2.45, 2.75) is 52.5 Å². The molecule has 1 aromatic carbocycles. The predicted molar refractivity (Wildman–Crippen MR) is 127 cm³/mol. The Hall–Kier alpha value is -1.35. The van der Waals surface area contributed by atoms with Crippen LogP contribution in [0.15, 0.2) is 35.3 Å². The van der Waals surface area contributed by atoms with Gasteiger partial charge in [-0.05, 0) is 52.5 Å². The minimum absolute atomic E-state index is 0. The Morgan fingerprint density at radius 2 is 1.79 bits per heavy atom. The van der Waals surface area contributed by atoms with E-state index in [4.69, 9.17) is 4.74 Å². The topological polar surface area (TPSA) is 74.8 Å². The first kappa shape index (κ1) is 26.6. The molecule has 0 fully saturated rings. The number of unbranched alkanes of at least 4 members (excludes halogenated alkanes) is 1. The molecule has 0 aliphatic heterocycles. The van der Waals surface area contributed by atoms with Gasteiger partial charge in [0, 0.05) is 25.2 Å². The number of amides is 1. The lowest BCUT2D eigenvalue weighted by Crippen LogP contribution is -2.43. The molecule has 3 N–H and O–H groups in total. The molecule has 1 aromatic rings. The molecule has 7 heteroatoms. The summed E-state index contributed by atoms with van der Waals surface area (Å²) < 4.78 is 5.69. The number of hydrogen-bond donors (Lipinski definition) is 3. The number of benzene rings is 1. The van der Waals surface area contributed by atoms with E-state index >= 15 is 0 Å². The second-order valence-corrected chi connectivity index (χ2v) is 7.48. The number of halogens is 1. The van der Waals surface area contributed by atoms with E-state index in [0.29, 0.717) is 5.96 Å². The molecule has 0 spiro atoms. The van der Waals surface area contributed by atoms with Gasteiger partial charge in [0.1, 0.15) is 6.54 Å². The Kier molecular flexibility index (Phi) is 14.8. The largest absolute Gasteiger partial charge is 0.381 e. The zero-order valence-corrected chi connectivity index (χ0v) is 20.0. The van der Waals surface area contributed by atoms with Crippen molar-refractivity contribution in [2.24, 2.45) is 4.99 Å². The van der Waals surface area contributed by atoms with Crippen molar-refractivity contribution in [1.29, 1.82) is 0 Å². The van der Waals surface area contributed by atoms with Crippen LogP contribution in [0.1, 0.15) is 46.1 Å². The van der Waals surface area contributed by atoms with Gasteiger partial charge in [0.25, 0.3) is 0 Å². The van der Waals surface area contributed by atoms with Crippen LogP contribution in [0.2, 0.25) is 0 Å². The highest BCUT2D eigenvalue weighted by molar-refractivity contribution is 14.0. The fourth-order valence-electron chi connectivity index (χ4n) is 2.42. The van der Waals surface area contributed by atoms with Gasteiger partial charge in [-0.2, -0.15) is 0 Å². The van der Waals surface area contributed by atoms with Crippen molar-refractivity contribution < 1.29 is 9.53 Å². The molecule has 0 bridgehead atoms. The van der Waals surface area contributed by atoms with Crippen LogP contribution in [-0.4, -0.2) is 50.3 Å². The average molecular weight is 504 g/mol. The maximum atomic E-state index is 11.9. The summed E-state index contributed by atoms with van der Waals surface area (Å²) >= 11 is 0. The lowest BCUT2D eigenvalue weighted by Gasteiger charge is -2.20. The number of nitrogens with one attached hydrogen (secondary N) is 3. The summed E-state index contributed by atoms with van der Waals surface area (Å²) in [6.07, 6.45) is 2.93. The van der Waals surface area contributed by atoms with Crippen molar-refractivity contribution in [1.82, 2.24) is 16.0 Å². The van der Waals surface area contributed by atoms with Gasteiger partial charge in [-0.3, -0.25) is 4.79 Å². The van der Waals surface area contributed by atoms with E-state index in [2.05, 4.69) is 45.2 Å². The van der Waals surface area contributed by atoms with E-state index in [1.807, 2.05) is 33.8 Å². The highest BCUT2D eigenvalue weighted by Gasteiger charge is 2.13. The number of aliphatic imine (C=N–C) groups is 1. The maximum absolute atomic E-state index is 11.9. The Labute approximate surface area is 187 Å². The summed E-state index contributed by atoms with van der Waals surface area (Å²) in [4.78, 5) is 16.2. The first-order valence-electron chi connectivity index (χ1n) is 9.85. The molecule has 1 amide bonds. The molecule has 0 aliphatic rings. The van der Waals surface area contributed by atoms with E-state index in [9.17, 15) is 4.79 Å². The van der Waals surface area contributed by atoms with Crippen molar-refractivity contribution in [3.05, 3.63) is 35.9 Å². The maximum Gasteiger partial charge on any atom is 0.242 e. The molecule has 0 heterocycles. The molecule has 0 aromatic heterocycles. The van der Waals surface area contributed by atoms with Crippen molar-refractivity contribution in [2.75, 3.05) is 32.8 Å². The van der Waals surface area contributed by atoms with Crippen LogP contribution in [0.25, 0.3) is 0 Å². The number of ether oxygens (including phenoxy) is 1. The Morgan fingerprint density at radius 1 is 1.07 bits per heavy atom. The minimum atomic E-state index is -0.237. The first-order valence-corrected chi connectivity index (χ1v) is 9.85. The van der Waals surface area contributed by atoms with Crippen LogP contribution in [0, 0.1) is 0 Å². The smallest absolute Gasteiger partial charge is 0.242 e. The molecular formula is C21H37IN4O2. The molecule has 0 radical (unpaired) electrons. The van der Waals surface area contributed by atoms with Gasteiger partial charge >= 0.3 is 0 Å². The van der Waals surface area contributed by atoms with Gasteiger partial charge < -0.3 is 20.7 Å². The van der Waals surface area contributed by atoms with Crippen LogP contribution >= 0.6 is 24.0 Å². The summed E-state index contributed by atoms with van der Waals surface area (Å²) in [5, 5.41) is 9.32. The van der Waals surface area contributed by atoms with Gasteiger partial charge in [-0.15, -0.1) is 24.0 Å². The number of carbonyl (C=O) groups is 1. The number of nitrogens with zero attached hydrogens (tertiary/aromatic N) is 1. The summed E-state index contributed by atoms with van der Waals surface area (Å²) in [6, 6.07) is 10.4. The molecule has 1 rings (SSSR count). The molecular weight excluding hydrogens is 467 g/mol. The molecule has 0 saturated heterocycles. The monoisotopic (exact) mass is 504 g/mol. The molecule has 0 saturated carbocycles. The third kappa shape index (κ3) is 14.7. The zero-order chi connectivity index (χ0) is 20.0. The normalized spacial score (nSPS) is 11.5. The van der Waals surface area contributed by atoms with Crippen molar-refractivity contribution >= 4 is 35.8 Å². The summed E-state index contributed by atoms with van der Waals surface area (Å²) in [6.45, 7) is 11.1. The van der Waals surface area contributed by atoms with E-state index in [1.165, 1.54) is 5.56 Å². The second-order valence-electron chi connectivity index (χ2n) is 7.48. The number of rotatable bonds is 11. The van der Waals surface area contributed by atoms with Crippen molar-refractivity contribution in [3.8, 4) is 0 Å². The van der Waals surface area contributed by atoms with E-state index in [0.717, 1.165) is 45.6 Å². The fraction of sp³-hybridized carbons (Fsp3) is 0.619. The Balaban J connectivity index is 0.00000729. The third-order valence-corrected chi connectivity index (χ3v) is 3.63. The molecule has 28 heavy (non-hydrogen) atoms. The fourth-order valence-corrected chi connectivity index (χ4v) is 2.42. The number of carbonyl (C=O) groups excluding carboxylic acids is 1. The minimum Gasteiger partial charge on any atom is -0.381 e. The summed E-state index contributed by atoms with van der Waals surface area (Å²) in [7, 11) is 0. The van der Waals surface area contributed by atoms with Gasteiger partial charge in [0.15, 0.2) is 5.96 Å². The van der Waals surface area contributed by atoms with Crippen LogP contribution < -0.4 is 16.0 Å². The van der Waals surface area contributed by atoms with Crippen LogP contribution in [0.4, 0.5) is 0 Å². The van der Waals surface area contributed by atoms with Gasteiger partial charge in [-0.25, -0.2) is 4.99 Å². The van der Waals surface area contributed by atoms with Crippen molar-refractivity contribution in [3.63, 3.8) is 0 Å². The van der Waals surface area contributed by atoms with Crippen LogP contribution in [-0.2, 0) is 16.0 Å². The lowest BCUT2D eigenvalue weighted by atomic mass is 10.1. The first-order chi connectivity index (χ1) is 12.9.